The number of rotatable bonds is 7. The number of hydrogen-bond donors (Lipinski definition) is 0. The molecule has 3 aromatic heterocycles. The third-order valence-corrected chi connectivity index (χ3v) is 7.81. The Labute approximate surface area is 272 Å². The van der Waals surface area contributed by atoms with Crippen LogP contribution in [0.4, 0.5) is 0 Å². The molecule has 0 bridgehead atoms. The SMILES string of the molecule is Cc1cccc(C)c1-c1cnn(-c2[c-]c(Oc3[c-]c4c(cc3)c3ccccc3n4-c3cc(CC(C)C)ccn3)ccc2)c1.[Pt+2]. The van der Waals surface area contributed by atoms with Crippen LogP contribution in [0.3, 0.4) is 0 Å². The summed E-state index contributed by atoms with van der Waals surface area (Å²) in [5.41, 5.74) is 8.83. The average Bonchev–Trinajstić information content (AvgIpc) is 3.60. The van der Waals surface area contributed by atoms with Crippen molar-refractivity contribution in [1.82, 2.24) is 19.3 Å². The molecule has 6 heteroatoms. The van der Waals surface area contributed by atoms with Crippen molar-refractivity contribution >= 4 is 21.8 Å². The summed E-state index contributed by atoms with van der Waals surface area (Å²) in [5.74, 6) is 2.65. The first kappa shape index (κ1) is 29.6. The topological polar surface area (TPSA) is 44.9 Å². The monoisotopic (exact) mass is 755 g/mol. The Morgan fingerprint density at radius 2 is 1.59 bits per heavy atom. The predicted octanol–water partition coefficient (Wildman–Crippen LogP) is 9.24. The van der Waals surface area contributed by atoms with Crippen LogP contribution < -0.4 is 4.74 Å². The number of para-hydroxylation sites is 1. The van der Waals surface area contributed by atoms with E-state index in [0.29, 0.717) is 17.4 Å². The molecule has 4 aromatic carbocycles. The van der Waals surface area contributed by atoms with E-state index in [2.05, 4.69) is 110 Å². The maximum Gasteiger partial charge on any atom is 2.00 e. The first-order valence-corrected chi connectivity index (χ1v) is 14.7. The van der Waals surface area contributed by atoms with Gasteiger partial charge in [-0.05, 0) is 77.7 Å². The molecule has 0 aliphatic rings. The number of nitrogens with zero attached hydrogens (tertiary/aromatic N) is 4. The molecule has 0 fully saturated rings. The molecule has 0 N–H and O–H groups in total. The van der Waals surface area contributed by atoms with Gasteiger partial charge in [0, 0.05) is 35.0 Å². The Morgan fingerprint density at radius 1 is 0.818 bits per heavy atom. The summed E-state index contributed by atoms with van der Waals surface area (Å²) in [6.07, 6.45) is 6.85. The fourth-order valence-electron chi connectivity index (χ4n) is 5.95. The molecule has 0 saturated carbocycles. The molecule has 0 aliphatic carbocycles. The zero-order valence-electron chi connectivity index (χ0n) is 25.1. The number of hydrogen-bond acceptors (Lipinski definition) is 3. The van der Waals surface area contributed by atoms with Crippen LogP contribution in [0.1, 0.15) is 30.5 Å². The van der Waals surface area contributed by atoms with E-state index in [-0.39, 0.29) is 21.1 Å². The van der Waals surface area contributed by atoms with Crippen molar-refractivity contribution in [1.29, 1.82) is 0 Å². The van der Waals surface area contributed by atoms with Crippen LogP contribution in [0.25, 0.3) is 44.4 Å². The van der Waals surface area contributed by atoms with Crippen LogP contribution in [-0.2, 0) is 27.5 Å². The molecule has 44 heavy (non-hydrogen) atoms. The normalized spacial score (nSPS) is 11.3. The average molecular weight is 756 g/mol. The Balaban J connectivity index is 0.00000343. The fraction of sp³-hybridized carbons (Fsp3) is 0.158. The van der Waals surface area contributed by atoms with Gasteiger partial charge in [-0.1, -0.05) is 55.8 Å². The van der Waals surface area contributed by atoms with E-state index in [4.69, 9.17) is 9.72 Å². The maximum atomic E-state index is 6.36. The van der Waals surface area contributed by atoms with E-state index in [1.807, 2.05) is 47.5 Å². The largest absolute Gasteiger partial charge is 2.00 e. The summed E-state index contributed by atoms with van der Waals surface area (Å²) in [6, 6.07) is 35.9. The number of pyridine rings is 1. The van der Waals surface area contributed by atoms with E-state index in [9.17, 15) is 0 Å². The standard InChI is InChI=1S/C38H32N4O.Pt/c1-25(2)19-28-17-18-39-37(20-28)42-35-14-6-5-13-33(35)34-16-15-32(22-36(34)42)43-31-12-8-11-30(21-31)41-24-29(23-40-41)38-26(3)9-7-10-27(38)4;/h5-18,20,23-25H,19H2,1-4H3;/q-2;+2. The number of ether oxygens (including phenoxy) is 1. The van der Waals surface area contributed by atoms with E-state index in [1.54, 1.807) is 0 Å². The van der Waals surface area contributed by atoms with E-state index in [0.717, 1.165) is 45.3 Å². The molecule has 0 saturated heterocycles. The Hall–Kier alpha value is -4.47. The van der Waals surface area contributed by atoms with Crippen molar-refractivity contribution in [3.8, 4) is 34.1 Å². The first-order chi connectivity index (χ1) is 20.9. The van der Waals surface area contributed by atoms with Crippen LogP contribution in [0, 0.1) is 31.9 Å². The summed E-state index contributed by atoms with van der Waals surface area (Å²) >= 11 is 0. The minimum Gasteiger partial charge on any atom is -0.509 e. The minimum absolute atomic E-state index is 0. The second-order valence-electron chi connectivity index (χ2n) is 11.5. The summed E-state index contributed by atoms with van der Waals surface area (Å²) < 4.78 is 10.4. The van der Waals surface area contributed by atoms with Gasteiger partial charge < -0.3 is 9.30 Å². The van der Waals surface area contributed by atoms with Crippen LogP contribution in [-0.4, -0.2) is 19.3 Å². The van der Waals surface area contributed by atoms with Gasteiger partial charge in [-0.3, -0.25) is 4.68 Å². The van der Waals surface area contributed by atoms with Crippen molar-refractivity contribution in [2.75, 3.05) is 0 Å². The number of fused-ring (bicyclic) bond motifs is 3. The number of aromatic nitrogens is 4. The molecule has 0 spiro atoms. The number of benzene rings is 4. The van der Waals surface area contributed by atoms with Crippen molar-refractivity contribution in [2.24, 2.45) is 5.92 Å². The van der Waals surface area contributed by atoms with Gasteiger partial charge in [0.15, 0.2) is 0 Å². The third-order valence-electron chi connectivity index (χ3n) is 7.81. The molecule has 220 valence electrons. The Morgan fingerprint density at radius 3 is 2.41 bits per heavy atom. The van der Waals surface area contributed by atoms with Gasteiger partial charge in [-0.2, -0.15) is 17.2 Å². The van der Waals surface area contributed by atoms with Crippen LogP contribution >= 0.6 is 0 Å². The van der Waals surface area contributed by atoms with E-state index in [1.165, 1.54) is 22.3 Å². The van der Waals surface area contributed by atoms with Gasteiger partial charge in [0.05, 0.1) is 6.20 Å². The van der Waals surface area contributed by atoms with Crippen molar-refractivity contribution < 1.29 is 25.8 Å². The summed E-state index contributed by atoms with van der Waals surface area (Å²) in [6.45, 7) is 8.73. The Bertz CT molecular complexity index is 2090. The molecular weight excluding hydrogens is 724 g/mol. The second-order valence-corrected chi connectivity index (χ2v) is 11.5. The van der Waals surface area contributed by atoms with Crippen LogP contribution in [0.15, 0.2) is 104 Å². The van der Waals surface area contributed by atoms with Crippen molar-refractivity contribution in [3.63, 3.8) is 0 Å². The zero-order chi connectivity index (χ0) is 29.5. The minimum atomic E-state index is 0. The molecule has 0 atom stereocenters. The fourth-order valence-corrected chi connectivity index (χ4v) is 5.95. The van der Waals surface area contributed by atoms with Gasteiger partial charge >= 0.3 is 21.1 Å². The molecule has 3 heterocycles. The van der Waals surface area contributed by atoms with Crippen LogP contribution in [0.5, 0.6) is 11.5 Å². The third kappa shape index (κ3) is 5.60. The summed E-state index contributed by atoms with van der Waals surface area (Å²) in [4.78, 5) is 4.77. The second kappa shape index (κ2) is 12.3. The molecule has 0 aliphatic heterocycles. The van der Waals surface area contributed by atoms with Gasteiger partial charge in [0.25, 0.3) is 0 Å². The first-order valence-electron chi connectivity index (χ1n) is 14.7. The quantitative estimate of drug-likeness (QED) is 0.153. The van der Waals surface area contributed by atoms with E-state index >= 15 is 0 Å². The van der Waals surface area contributed by atoms with Gasteiger partial charge in [-0.15, -0.1) is 35.7 Å². The molecular formula is C38H32N4OPt. The smallest absolute Gasteiger partial charge is 0.509 e. The molecule has 0 unspecified atom stereocenters. The molecule has 0 amide bonds. The molecule has 7 aromatic rings. The van der Waals surface area contributed by atoms with Crippen LogP contribution in [0.2, 0.25) is 0 Å². The van der Waals surface area contributed by atoms with Crippen molar-refractivity contribution in [3.05, 3.63) is 132 Å². The van der Waals surface area contributed by atoms with Gasteiger partial charge in [0.2, 0.25) is 0 Å². The molecule has 0 radical (unpaired) electrons. The zero-order valence-corrected chi connectivity index (χ0v) is 27.4. The van der Waals surface area contributed by atoms with Gasteiger partial charge in [0.1, 0.15) is 5.82 Å². The molecule has 7 rings (SSSR count). The van der Waals surface area contributed by atoms with E-state index < -0.39 is 0 Å². The predicted molar refractivity (Wildman–Crippen MR) is 173 cm³/mol. The van der Waals surface area contributed by atoms with Gasteiger partial charge in [-0.25, -0.2) is 4.98 Å². The number of aryl methyl sites for hydroxylation is 2. The summed E-state index contributed by atoms with van der Waals surface area (Å²) in [5, 5.41) is 6.90. The molecule has 5 nitrogen and oxygen atoms in total. The summed E-state index contributed by atoms with van der Waals surface area (Å²) in [7, 11) is 0. The maximum absolute atomic E-state index is 6.36. The van der Waals surface area contributed by atoms with Crippen molar-refractivity contribution in [2.45, 2.75) is 34.1 Å². The Kier molecular flexibility index (Phi) is 8.25.